The fraction of sp³-hybridized carbons (Fsp3) is 0.773. The number of guanidine groups is 1. The highest BCUT2D eigenvalue weighted by molar-refractivity contribution is 7.10. The molecule has 2 atom stereocenters. The summed E-state index contributed by atoms with van der Waals surface area (Å²) in [6, 6.07) is 5.39. The molecule has 0 spiro atoms. The van der Waals surface area contributed by atoms with Crippen LogP contribution in [-0.2, 0) is 0 Å². The molecule has 29 heavy (non-hydrogen) atoms. The maximum absolute atomic E-state index is 4.48. The monoisotopic (exact) mass is 420 g/mol. The molecule has 6 nitrogen and oxygen atoms in total. The summed E-state index contributed by atoms with van der Waals surface area (Å²) < 4.78 is 0. The maximum Gasteiger partial charge on any atom is 0.191 e. The Kier molecular flexibility index (Phi) is 8.78. The first kappa shape index (κ1) is 22.5. The molecule has 0 radical (unpaired) electrons. The molecular formula is C22H40N6S. The predicted octanol–water partition coefficient (Wildman–Crippen LogP) is 2.32. The van der Waals surface area contributed by atoms with Crippen molar-refractivity contribution >= 4 is 17.3 Å². The lowest BCUT2D eigenvalue weighted by molar-refractivity contribution is 0.120. The summed E-state index contributed by atoms with van der Waals surface area (Å²) in [7, 11) is 4.08. The Morgan fingerprint density at radius 1 is 1.10 bits per heavy atom. The average Bonchev–Trinajstić information content (AvgIpc) is 3.26. The van der Waals surface area contributed by atoms with Gasteiger partial charge in [-0.1, -0.05) is 13.0 Å². The zero-order valence-corrected chi connectivity index (χ0v) is 19.5. The Morgan fingerprint density at radius 3 is 2.41 bits per heavy atom. The second-order valence-electron chi connectivity index (χ2n) is 8.77. The molecule has 0 bridgehead atoms. The highest BCUT2D eigenvalue weighted by atomic mass is 32.1. The molecule has 2 unspecified atom stereocenters. The predicted molar refractivity (Wildman–Crippen MR) is 125 cm³/mol. The molecule has 0 aliphatic carbocycles. The van der Waals surface area contributed by atoms with Gasteiger partial charge in [0.1, 0.15) is 0 Å². The van der Waals surface area contributed by atoms with E-state index in [2.05, 4.69) is 68.7 Å². The SMILES string of the molecule is CN=C(NCC(C)N1CCN(C)CC1)NCC(c1cccs1)N1CCC(C)CC1. The van der Waals surface area contributed by atoms with Gasteiger partial charge in [0.2, 0.25) is 0 Å². The van der Waals surface area contributed by atoms with E-state index in [-0.39, 0.29) is 0 Å². The normalized spacial score (nSPS) is 23.1. The second kappa shape index (κ2) is 11.3. The third-order valence-corrected chi connectivity index (χ3v) is 7.52. The van der Waals surface area contributed by atoms with Crippen LogP contribution in [0.25, 0.3) is 0 Å². The van der Waals surface area contributed by atoms with E-state index in [4.69, 9.17) is 0 Å². The van der Waals surface area contributed by atoms with Gasteiger partial charge < -0.3 is 15.5 Å². The van der Waals surface area contributed by atoms with Crippen LogP contribution in [-0.4, -0.2) is 93.2 Å². The first-order valence-electron chi connectivity index (χ1n) is 11.2. The third kappa shape index (κ3) is 6.67. The maximum atomic E-state index is 4.48. The lowest BCUT2D eigenvalue weighted by atomic mass is 9.97. The first-order valence-corrected chi connectivity index (χ1v) is 12.1. The quantitative estimate of drug-likeness (QED) is 0.524. The summed E-state index contributed by atoms with van der Waals surface area (Å²) in [6.07, 6.45) is 2.61. The molecule has 164 valence electrons. The van der Waals surface area contributed by atoms with Gasteiger partial charge in [-0.2, -0.15) is 0 Å². The van der Waals surface area contributed by atoms with Crippen LogP contribution in [0, 0.1) is 5.92 Å². The number of nitrogens with zero attached hydrogens (tertiary/aromatic N) is 4. The van der Waals surface area contributed by atoms with Gasteiger partial charge in [0.05, 0.1) is 6.04 Å². The Balaban J connectivity index is 1.49. The van der Waals surface area contributed by atoms with E-state index in [0.717, 1.165) is 51.1 Å². The van der Waals surface area contributed by atoms with Gasteiger partial charge in [0.15, 0.2) is 5.96 Å². The van der Waals surface area contributed by atoms with Gasteiger partial charge in [-0.15, -0.1) is 11.3 Å². The van der Waals surface area contributed by atoms with Crippen molar-refractivity contribution < 1.29 is 0 Å². The lowest BCUT2D eigenvalue weighted by Crippen LogP contribution is -2.52. The van der Waals surface area contributed by atoms with Gasteiger partial charge in [-0.25, -0.2) is 0 Å². The first-order chi connectivity index (χ1) is 14.1. The zero-order valence-electron chi connectivity index (χ0n) is 18.7. The lowest BCUT2D eigenvalue weighted by Gasteiger charge is -2.37. The summed E-state index contributed by atoms with van der Waals surface area (Å²) >= 11 is 1.87. The Morgan fingerprint density at radius 2 is 1.79 bits per heavy atom. The Labute approximate surface area is 181 Å². The average molecular weight is 421 g/mol. The number of likely N-dealkylation sites (tertiary alicyclic amines) is 1. The van der Waals surface area contributed by atoms with Crippen molar-refractivity contribution in [2.75, 3.05) is 66.5 Å². The van der Waals surface area contributed by atoms with Gasteiger partial charge in [0, 0.05) is 57.2 Å². The molecule has 1 aromatic rings. The largest absolute Gasteiger partial charge is 0.355 e. The summed E-state index contributed by atoms with van der Waals surface area (Å²) in [5, 5.41) is 9.36. The van der Waals surface area contributed by atoms with Crippen molar-refractivity contribution in [2.45, 2.75) is 38.8 Å². The molecule has 0 amide bonds. The summed E-state index contributed by atoms with van der Waals surface area (Å²) in [5.41, 5.74) is 0. The summed E-state index contributed by atoms with van der Waals surface area (Å²) in [5.74, 6) is 1.77. The van der Waals surface area contributed by atoms with Crippen molar-refractivity contribution in [2.24, 2.45) is 10.9 Å². The van der Waals surface area contributed by atoms with Crippen LogP contribution in [0.3, 0.4) is 0 Å². The Hall–Kier alpha value is -1.15. The van der Waals surface area contributed by atoms with E-state index in [1.165, 1.54) is 30.8 Å². The number of likely N-dealkylation sites (N-methyl/N-ethyl adjacent to an activating group) is 1. The van der Waals surface area contributed by atoms with Crippen molar-refractivity contribution in [3.63, 3.8) is 0 Å². The fourth-order valence-corrected chi connectivity index (χ4v) is 5.14. The molecule has 0 aromatic carbocycles. The minimum atomic E-state index is 0.427. The van der Waals surface area contributed by atoms with Gasteiger partial charge in [0.25, 0.3) is 0 Å². The molecule has 3 rings (SSSR count). The number of piperazine rings is 1. The summed E-state index contributed by atoms with van der Waals surface area (Å²) in [6.45, 7) is 13.5. The van der Waals surface area contributed by atoms with Gasteiger partial charge in [-0.05, 0) is 57.3 Å². The highest BCUT2D eigenvalue weighted by Crippen LogP contribution is 2.29. The molecule has 2 fully saturated rings. The van der Waals surface area contributed by atoms with E-state index in [1.807, 2.05) is 18.4 Å². The molecule has 2 saturated heterocycles. The zero-order chi connectivity index (χ0) is 20.6. The van der Waals surface area contributed by atoms with E-state index in [9.17, 15) is 0 Å². The number of aliphatic imine (C=N–C) groups is 1. The van der Waals surface area contributed by atoms with E-state index in [1.54, 1.807) is 0 Å². The molecule has 2 aliphatic rings. The van der Waals surface area contributed by atoms with Crippen LogP contribution < -0.4 is 10.6 Å². The molecule has 2 aliphatic heterocycles. The minimum Gasteiger partial charge on any atom is -0.355 e. The Bertz CT molecular complexity index is 603. The number of rotatable bonds is 7. The second-order valence-corrected chi connectivity index (χ2v) is 9.75. The smallest absolute Gasteiger partial charge is 0.191 e. The molecule has 1 aromatic heterocycles. The highest BCUT2D eigenvalue weighted by Gasteiger charge is 2.25. The summed E-state index contributed by atoms with van der Waals surface area (Å²) in [4.78, 5) is 13.6. The van der Waals surface area contributed by atoms with Crippen molar-refractivity contribution in [3.05, 3.63) is 22.4 Å². The van der Waals surface area contributed by atoms with Crippen molar-refractivity contribution in [1.82, 2.24) is 25.3 Å². The molecular weight excluding hydrogens is 380 g/mol. The van der Waals surface area contributed by atoms with E-state index >= 15 is 0 Å². The van der Waals surface area contributed by atoms with E-state index in [0.29, 0.717) is 12.1 Å². The van der Waals surface area contributed by atoms with Crippen LogP contribution >= 0.6 is 11.3 Å². The molecule has 2 N–H and O–H groups in total. The molecule has 0 saturated carbocycles. The minimum absolute atomic E-state index is 0.427. The van der Waals surface area contributed by atoms with Crippen LogP contribution in [0.2, 0.25) is 0 Å². The fourth-order valence-electron chi connectivity index (χ4n) is 4.28. The number of hydrogen-bond acceptors (Lipinski definition) is 5. The number of hydrogen-bond donors (Lipinski definition) is 2. The van der Waals surface area contributed by atoms with Crippen LogP contribution in [0.5, 0.6) is 0 Å². The van der Waals surface area contributed by atoms with Crippen molar-refractivity contribution in [1.29, 1.82) is 0 Å². The van der Waals surface area contributed by atoms with Crippen LogP contribution in [0.15, 0.2) is 22.5 Å². The number of piperidine rings is 1. The van der Waals surface area contributed by atoms with Crippen LogP contribution in [0.4, 0.5) is 0 Å². The van der Waals surface area contributed by atoms with Gasteiger partial charge in [-0.3, -0.25) is 14.8 Å². The molecule has 7 heteroatoms. The number of nitrogens with one attached hydrogen (secondary N) is 2. The molecule has 3 heterocycles. The standard InChI is InChI=1S/C22H40N6S/c1-18-7-9-28(10-8-18)20(21-6-5-15-29-21)17-25-22(23-3)24-16-19(2)27-13-11-26(4)12-14-27/h5-6,15,18-20H,7-14,16-17H2,1-4H3,(H2,23,24,25). The number of thiophene rings is 1. The van der Waals surface area contributed by atoms with Gasteiger partial charge >= 0.3 is 0 Å². The van der Waals surface area contributed by atoms with Crippen LogP contribution in [0.1, 0.15) is 37.6 Å². The van der Waals surface area contributed by atoms with Crippen molar-refractivity contribution in [3.8, 4) is 0 Å². The third-order valence-electron chi connectivity index (χ3n) is 6.54. The topological polar surface area (TPSA) is 46.1 Å². The van der Waals surface area contributed by atoms with E-state index < -0.39 is 0 Å².